The van der Waals surface area contributed by atoms with E-state index in [4.69, 9.17) is 16.3 Å². The lowest BCUT2D eigenvalue weighted by Gasteiger charge is -2.19. The molecule has 3 rings (SSSR count). The molecule has 0 radical (unpaired) electrons. The van der Waals surface area contributed by atoms with Gasteiger partial charge in [-0.15, -0.1) is 0 Å². The Morgan fingerprint density at radius 3 is 3.10 bits per heavy atom. The van der Waals surface area contributed by atoms with Crippen molar-refractivity contribution in [3.8, 4) is 5.88 Å². The van der Waals surface area contributed by atoms with Gasteiger partial charge < -0.3 is 14.6 Å². The van der Waals surface area contributed by atoms with Crippen LogP contribution in [-0.2, 0) is 11.8 Å². The Balaban J connectivity index is 1.90. The molecule has 2 aromatic heterocycles. The lowest BCUT2D eigenvalue weighted by molar-refractivity contribution is -0.119. The van der Waals surface area contributed by atoms with Crippen LogP contribution >= 0.6 is 11.6 Å². The van der Waals surface area contributed by atoms with E-state index in [0.717, 1.165) is 11.0 Å². The second-order valence-corrected chi connectivity index (χ2v) is 5.45. The van der Waals surface area contributed by atoms with Crippen molar-refractivity contribution in [2.45, 2.75) is 19.4 Å². The number of aryl methyl sites for hydroxylation is 1. The Labute approximate surface area is 121 Å². The topological polar surface area (TPSA) is 69.0 Å². The average molecular weight is 295 g/mol. The molecule has 0 aromatic carbocycles. The second kappa shape index (κ2) is 4.94. The Morgan fingerprint density at radius 2 is 2.40 bits per heavy atom. The molecule has 0 spiro atoms. The molecule has 1 N–H and O–H groups in total. The lowest BCUT2D eigenvalue weighted by atomic mass is 10.0. The number of halogens is 1. The van der Waals surface area contributed by atoms with Crippen LogP contribution in [0.3, 0.4) is 0 Å². The van der Waals surface area contributed by atoms with Gasteiger partial charge in [0.2, 0.25) is 11.8 Å². The van der Waals surface area contributed by atoms with Crippen molar-refractivity contribution in [3.05, 3.63) is 17.5 Å². The van der Waals surface area contributed by atoms with Gasteiger partial charge in [0.15, 0.2) is 0 Å². The predicted molar refractivity (Wildman–Crippen MR) is 74.7 cm³/mol. The maximum Gasteiger partial charge on any atom is 0.241 e. The van der Waals surface area contributed by atoms with Crippen molar-refractivity contribution in [3.63, 3.8) is 0 Å². The minimum atomic E-state index is -0.127. The van der Waals surface area contributed by atoms with Crippen molar-refractivity contribution >= 4 is 28.5 Å². The molecule has 2 aromatic rings. The SMILES string of the molecule is C[C@@H](Oc1nc(Cl)cc2ncn(C)c12)C1CNC(=O)C1. The fourth-order valence-electron chi connectivity index (χ4n) is 2.42. The van der Waals surface area contributed by atoms with Crippen LogP contribution < -0.4 is 10.1 Å². The summed E-state index contributed by atoms with van der Waals surface area (Å²) in [5.74, 6) is 0.668. The molecule has 7 heteroatoms. The van der Waals surface area contributed by atoms with E-state index in [9.17, 15) is 4.79 Å². The van der Waals surface area contributed by atoms with Crippen LogP contribution in [-0.4, -0.2) is 33.1 Å². The number of hydrogen-bond acceptors (Lipinski definition) is 4. The highest BCUT2D eigenvalue weighted by Crippen LogP contribution is 2.28. The summed E-state index contributed by atoms with van der Waals surface area (Å²) in [6, 6.07) is 1.70. The Bertz CT molecular complexity index is 670. The average Bonchev–Trinajstić information content (AvgIpc) is 2.96. The van der Waals surface area contributed by atoms with E-state index in [2.05, 4.69) is 15.3 Å². The van der Waals surface area contributed by atoms with Gasteiger partial charge in [0.25, 0.3) is 0 Å². The fraction of sp³-hybridized carbons (Fsp3) is 0.462. The van der Waals surface area contributed by atoms with Gasteiger partial charge in [-0.3, -0.25) is 4.79 Å². The quantitative estimate of drug-likeness (QED) is 0.872. The number of aromatic nitrogens is 3. The molecule has 1 aliphatic rings. The molecular formula is C13H15ClN4O2. The number of nitrogens with one attached hydrogen (secondary N) is 1. The normalized spacial score (nSPS) is 20.1. The molecule has 6 nitrogen and oxygen atoms in total. The molecule has 0 bridgehead atoms. The minimum Gasteiger partial charge on any atom is -0.473 e. The molecule has 106 valence electrons. The highest BCUT2D eigenvalue weighted by molar-refractivity contribution is 6.30. The van der Waals surface area contributed by atoms with E-state index in [1.807, 2.05) is 18.5 Å². The molecule has 1 unspecified atom stereocenters. The molecule has 0 saturated carbocycles. The predicted octanol–water partition coefficient (Wildman–Crippen LogP) is 1.53. The molecular weight excluding hydrogens is 280 g/mol. The number of amides is 1. The number of ether oxygens (including phenoxy) is 1. The third-order valence-electron chi connectivity index (χ3n) is 3.60. The zero-order chi connectivity index (χ0) is 14.3. The number of pyridine rings is 1. The van der Waals surface area contributed by atoms with Gasteiger partial charge in [-0.25, -0.2) is 4.98 Å². The number of carbonyl (C=O) groups is 1. The van der Waals surface area contributed by atoms with E-state index in [1.54, 1.807) is 12.4 Å². The summed E-state index contributed by atoms with van der Waals surface area (Å²) in [5, 5.41) is 3.15. The first-order valence-corrected chi connectivity index (χ1v) is 6.83. The molecule has 1 amide bonds. The summed E-state index contributed by atoms with van der Waals surface area (Å²) in [6.45, 7) is 2.57. The number of fused-ring (bicyclic) bond motifs is 1. The highest BCUT2D eigenvalue weighted by atomic mass is 35.5. The first-order chi connectivity index (χ1) is 9.54. The first kappa shape index (κ1) is 13.2. The maximum atomic E-state index is 11.3. The van der Waals surface area contributed by atoms with Gasteiger partial charge >= 0.3 is 0 Å². The molecule has 0 aliphatic carbocycles. The number of carbonyl (C=O) groups excluding carboxylic acids is 1. The zero-order valence-electron chi connectivity index (χ0n) is 11.3. The third-order valence-corrected chi connectivity index (χ3v) is 3.80. The van der Waals surface area contributed by atoms with Gasteiger partial charge in [-0.2, -0.15) is 4.98 Å². The van der Waals surface area contributed by atoms with Crippen LogP contribution in [0.1, 0.15) is 13.3 Å². The monoisotopic (exact) mass is 294 g/mol. The van der Waals surface area contributed by atoms with Crippen molar-refractivity contribution < 1.29 is 9.53 Å². The lowest BCUT2D eigenvalue weighted by Crippen LogP contribution is -2.26. The highest BCUT2D eigenvalue weighted by Gasteiger charge is 2.28. The van der Waals surface area contributed by atoms with Crippen LogP contribution in [0.5, 0.6) is 5.88 Å². The number of hydrogen-bond donors (Lipinski definition) is 1. The number of imidazole rings is 1. The van der Waals surface area contributed by atoms with Crippen LogP contribution in [0.4, 0.5) is 0 Å². The molecule has 2 atom stereocenters. The number of rotatable bonds is 3. The molecule has 1 saturated heterocycles. The van der Waals surface area contributed by atoms with Crippen LogP contribution in [0, 0.1) is 5.92 Å². The van der Waals surface area contributed by atoms with Gasteiger partial charge in [0, 0.05) is 32.0 Å². The van der Waals surface area contributed by atoms with Crippen molar-refractivity contribution in [2.24, 2.45) is 13.0 Å². The van der Waals surface area contributed by atoms with Crippen LogP contribution in [0.15, 0.2) is 12.4 Å². The van der Waals surface area contributed by atoms with Gasteiger partial charge in [-0.05, 0) is 6.92 Å². The smallest absolute Gasteiger partial charge is 0.241 e. The molecule has 1 aliphatic heterocycles. The van der Waals surface area contributed by atoms with Crippen molar-refractivity contribution in [1.29, 1.82) is 0 Å². The molecule has 1 fully saturated rings. The standard InChI is InChI=1S/C13H15ClN4O2/c1-7(8-3-11(19)15-5-8)20-13-12-9(4-10(14)17-13)16-6-18(12)2/h4,6-8H,3,5H2,1-2H3,(H,15,19)/t7-,8?/m1/s1. The van der Waals surface area contributed by atoms with Crippen LogP contribution in [0.2, 0.25) is 5.15 Å². The zero-order valence-corrected chi connectivity index (χ0v) is 12.0. The molecule has 3 heterocycles. The summed E-state index contributed by atoms with van der Waals surface area (Å²) < 4.78 is 7.78. The van der Waals surface area contributed by atoms with E-state index in [0.29, 0.717) is 24.0 Å². The third kappa shape index (κ3) is 2.31. The first-order valence-electron chi connectivity index (χ1n) is 6.45. The maximum absolute atomic E-state index is 11.3. The summed E-state index contributed by atoms with van der Waals surface area (Å²) in [6.07, 6.45) is 2.05. The summed E-state index contributed by atoms with van der Waals surface area (Å²) in [7, 11) is 1.88. The van der Waals surface area contributed by atoms with Crippen molar-refractivity contribution in [2.75, 3.05) is 6.54 Å². The van der Waals surface area contributed by atoms with Gasteiger partial charge in [0.1, 0.15) is 16.8 Å². The van der Waals surface area contributed by atoms with E-state index in [1.165, 1.54) is 0 Å². The van der Waals surface area contributed by atoms with Crippen LogP contribution in [0.25, 0.3) is 11.0 Å². The largest absolute Gasteiger partial charge is 0.473 e. The van der Waals surface area contributed by atoms with E-state index in [-0.39, 0.29) is 17.9 Å². The second-order valence-electron chi connectivity index (χ2n) is 5.06. The summed E-state index contributed by atoms with van der Waals surface area (Å²) >= 11 is 5.99. The van der Waals surface area contributed by atoms with E-state index < -0.39 is 0 Å². The minimum absolute atomic E-state index is 0.0650. The molecule has 20 heavy (non-hydrogen) atoms. The number of nitrogens with zero attached hydrogens (tertiary/aromatic N) is 3. The summed E-state index contributed by atoms with van der Waals surface area (Å²) in [4.78, 5) is 19.8. The van der Waals surface area contributed by atoms with Gasteiger partial charge in [-0.1, -0.05) is 11.6 Å². The Kier molecular flexibility index (Phi) is 3.25. The van der Waals surface area contributed by atoms with Crippen molar-refractivity contribution in [1.82, 2.24) is 19.9 Å². The van der Waals surface area contributed by atoms with Gasteiger partial charge in [0.05, 0.1) is 11.8 Å². The summed E-state index contributed by atoms with van der Waals surface area (Å²) in [5.41, 5.74) is 1.55. The van der Waals surface area contributed by atoms with E-state index >= 15 is 0 Å². The Hall–Kier alpha value is -1.82. The Morgan fingerprint density at radius 1 is 1.60 bits per heavy atom. The fourth-order valence-corrected chi connectivity index (χ4v) is 2.60.